The zero-order chi connectivity index (χ0) is 16.5. The van der Waals surface area contributed by atoms with Crippen LogP contribution in [0.15, 0.2) is 24.3 Å². The molecular weight excluding hydrogens is 292 g/mol. The Morgan fingerprint density at radius 3 is 2.91 bits per heavy atom. The summed E-state index contributed by atoms with van der Waals surface area (Å²) in [4.78, 5) is 19.4. The molecule has 1 saturated heterocycles. The number of hydroxylamine groups is 2. The summed E-state index contributed by atoms with van der Waals surface area (Å²) in [5, 5.41) is 1.91. The molecule has 128 valence electrons. The van der Waals surface area contributed by atoms with Crippen molar-refractivity contribution in [2.45, 2.75) is 32.6 Å². The molecule has 1 aromatic carbocycles. The van der Waals surface area contributed by atoms with Crippen LogP contribution in [0, 0.1) is 0 Å². The monoisotopic (exact) mass is 320 g/mol. The van der Waals surface area contributed by atoms with Gasteiger partial charge in [-0.2, -0.15) is 5.06 Å². The van der Waals surface area contributed by atoms with Crippen molar-refractivity contribution in [3.8, 4) is 5.75 Å². The van der Waals surface area contributed by atoms with E-state index >= 15 is 0 Å². The molecule has 0 N–H and O–H groups in total. The van der Waals surface area contributed by atoms with Gasteiger partial charge in [0.05, 0.1) is 13.2 Å². The molecule has 1 aromatic rings. The summed E-state index contributed by atoms with van der Waals surface area (Å²) in [7, 11) is 1.83. The van der Waals surface area contributed by atoms with Crippen molar-refractivity contribution < 1.29 is 14.4 Å². The molecule has 0 unspecified atom stereocenters. The van der Waals surface area contributed by atoms with E-state index < -0.39 is 0 Å². The van der Waals surface area contributed by atoms with Gasteiger partial charge in [0.2, 0.25) is 5.91 Å². The molecule has 2 rings (SSSR count). The molecular formula is C18H28N2O3. The van der Waals surface area contributed by atoms with Crippen molar-refractivity contribution in [1.29, 1.82) is 0 Å². The minimum Gasteiger partial charge on any atom is -0.491 e. The first-order valence-electron chi connectivity index (χ1n) is 8.53. The number of likely N-dealkylation sites (N-methyl/N-ethyl adjacent to an activating group) is 1. The summed E-state index contributed by atoms with van der Waals surface area (Å²) < 4.78 is 5.81. The Morgan fingerprint density at radius 2 is 2.17 bits per heavy atom. The van der Waals surface area contributed by atoms with Gasteiger partial charge in [0.15, 0.2) is 0 Å². The standard InChI is InChI=1S/C18H28N2O3/c1-3-16-8-4-5-9-17(16)22-15-13-19(2)18(21)10-12-20-11-6-7-14-23-20/h4-5,8-9H,3,6-7,10-15H2,1-2H3. The number of amides is 1. The predicted molar refractivity (Wildman–Crippen MR) is 90.3 cm³/mol. The topological polar surface area (TPSA) is 42.0 Å². The third-order valence-electron chi connectivity index (χ3n) is 4.11. The lowest BCUT2D eigenvalue weighted by Gasteiger charge is -2.26. The molecule has 1 heterocycles. The van der Waals surface area contributed by atoms with E-state index in [-0.39, 0.29) is 5.91 Å². The molecule has 0 saturated carbocycles. The summed E-state index contributed by atoms with van der Waals surface area (Å²) in [5.41, 5.74) is 1.20. The van der Waals surface area contributed by atoms with E-state index in [1.165, 1.54) is 5.56 Å². The first-order chi connectivity index (χ1) is 11.2. The fourth-order valence-corrected chi connectivity index (χ4v) is 2.59. The van der Waals surface area contributed by atoms with Gasteiger partial charge in [-0.15, -0.1) is 0 Å². The maximum absolute atomic E-state index is 12.1. The zero-order valence-corrected chi connectivity index (χ0v) is 14.3. The summed E-state index contributed by atoms with van der Waals surface area (Å²) in [5.74, 6) is 1.05. The zero-order valence-electron chi connectivity index (χ0n) is 14.3. The molecule has 0 atom stereocenters. The fraction of sp³-hybridized carbons (Fsp3) is 0.611. The van der Waals surface area contributed by atoms with Gasteiger partial charge >= 0.3 is 0 Å². The molecule has 5 heteroatoms. The number of benzene rings is 1. The molecule has 0 aromatic heterocycles. The Hall–Kier alpha value is -1.59. The van der Waals surface area contributed by atoms with E-state index in [0.717, 1.165) is 38.2 Å². The molecule has 0 bridgehead atoms. The van der Waals surface area contributed by atoms with Crippen molar-refractivity contribution >= 4 is 5.91 Å². The van der Waals surface area contributed by atoms with E-state index in [2.05, 4.69) is 13.0 Å². The number of carbonyl (C=O) groups is 1. The maximum atomic E-state index is 12.1. The molecule has 5 nitrogen and oxygen atoms in total. The first-order valence-corrected chi connectivity index (χ1v) is 8.53. The third kappa shape index (κ3) is 5.84. The lowest BCUT2D eigenvalue weighted by atomic mass is 10.1. The molecule has 0 spiro atoms. The summed E-state index contributed by atoms with van der Waals surface area (Å²) in [6.07, 6.45) is 3.69. The summed E-state index contributed by atoms with van der Waals surface area (Å²) >= 11 is 0. The van der Waals surface area contributed by atoms with Gasteiger partial charge in [0.1, 0.15) is 12.4 Å². The van der Waals surface area contributed by atoms with Crippen LogP contribution in [-0.4, -0.2) is 55.8 Å². The average molecular weight is 320 g/mol. The molecule has 1 aliphatic rings. The first kappa shape index (κ1) is 17.8. The van der Waals surface area contributed by atoms with Gasteiger partial charge in [-0.25, -0.2) is 0 Å². The van der Waals surface area contributed by atoms with Crippen molar-refractivity contribution in [3.05, 3.63) is 29.8 Å². The van der Waals surface area contributed by atoms with Crippen LogP contribution in [-0.2, 0) is 16.1 Å². The van der Waals surface area contributed by atoms with Crippen LogP contribution in [0.1, 0.15) is 31.7 Å². The highest BCUT2D eigenvalue weighted by Crippen LogP contribution is 2.18. The maximum Gasteiger partial charge on any atom is 0.223 e. The SMILES string of the molecule is CCc1ccccc1OCCN(C)C(=O)CCN1CCCCO1. The van der Waals surface area contributed by atoms with E-state index in [1.54, 1.807) is 4.90 Å². The lowest BCUT2D eigenvalue weighted by molar-refractivity contribution is -0.182. The Balaban J connectivity index is 1.67. The van der Waals surface area contributed by atoms with E-state index in [1.807, 2.05) is 30.3 Å². The minimum atomic E-state index is 0.131. The van der Waals surface area contributed by atoms with Crippen molar-refractivity contribution in [2.75, 3.05) is 39.9 Å². The summed E-state index contributed by atoms with van der Waals surface area (Å²) in [6.45, 7) is 5.59. The second-order valence-electron chi connectivity index (χ2n) is 5.84. The van der Waals surface area contributed by atoms with Gasteiger partial charge in [-0.3, -0.25) is 9.63 Å². The molecule has 1 fully saturated rings. The summed E-state index contributed by atoms with van der Waals surface area (Å²) in [6, 6.07) is 8.04. The number of rotatable bonds is 8. The van der Waals surface area contributed by atoms with Crippen LogP contribution in [0.25, 0.3) is 0 Å². The number of aryl methyl sites for hydroxylation is 1. The van der Waals surface area contributed by atoms with Crippen LogP contribution in [0.3, 0.4) is 0 Å². The fourth-order valence-electron chi connectivity index (χ4n) is 2.59. The second kappa shape index (κ2) is 9.53. The van der Waals surface area contributed by atoms with Crippen molar-refractivity contribution in [2.24, 2.45) is 0 Å². The van der Waals surface area contributed by atoms with Gasteiger partial charge in [0.25, 0.3) is 0 Å². The number of nitrogens with zero attached hydrogens (tertiary/aromatic N) is 2. The Labute approximate surface area is 139 Å². The number of hydrogen-bond donors (Lipinski definition) is 0. The van der Waals surface area contributed by atoms with Gasteiger partial charge < -0.3 is 9.64 Å². The molecule has 1 aliphatic heterocycles. The Kier molecular flexibility index (Phi) is 7.36. The average Bonchev–Trinajstić information content (AvgIpc) is 2.60. The van der Waals surface area contributed by atoms with Crippen LogP contribution < -0.4 is 4.74 Å². The van der Waals surface area contributed by atoms with Crippen molar-refractivity contribution in [1.82, 2.24) is 9.96 Å². The van der Waals surface area contributed by atoms with Gasteiger partial charge in [-0.05, 0) is 30.9 Å². The number of ether oxygens (including phenoxy) is 1. The number of carbonyl (C=O) groups excluding carboxylic acids is 1. The van der Waals surface area contributed by atoms with E-state index in [4.69, 9.17) is 9.57 Å². The molecule has 0 aliphatic carbocycles. The number of para-hydroxylation sites is 1. The Morgan fingerprint density at radius 1 is 1.35 bits per heavy atom. The van der Waals surface area contributed by atoms with Crippen LogP contribution in [0.2, 0.25) is 0 Å². The molecule has 0 radical (unpaired) electrons. The highest BCUT2D eigenvalue weighted by atomic mass is 16.7. The van der Waals surface area contributed by atoms with Gasteiger partial charge in [0, 0.05) is 26.6 Å². The van der Waals surface area contributed by atoms with Gasteiger partial charge in [-0.1, -0.05) is 25.1 Å². The van der Waals surface area contributed by atoms with Crippen LogP contribution >= 0.6 is 0 Å². The van der Waals surface area contributed by atoms with Crippen LogP contribution in [0.5, 0.6) is 5.75 Å². The van der Waals surface area contributed by atoms with Crippen molar-refractivity contribution in [3.63, 3.8) is 0 Å². The van der Waals surface area contributed by atoms with E-state index in [9.17, 15) is 4.79 Å². The second-order valence-corrected chi connectivity index (χ2v) is 5.84. The van der Waals surface area contributed by atoms with Crippen LogP contribution in [0.4, 0.5) is 0 Å². The highest BCUT2D eigenvalue weighted by Gasteiger charge is 2.14. The minimum absolute atomic E-state index is 0.131. The van der Waals surface area contributed by atoms with E-state index in [0.29, 0.717) is 26.1 Å². The molecule has 1 amide bonds. The third-order valence-corrected chi connectivity index (χ3v) is 4.11. The largest absolute Gasteiger partial charge is 0.491 e. The normalized spacial score (nSPS) is 15.4. The molecule has 23 heavy (non-hydrogen) atoms. The predicted octanol–water partition coefficient (Wildman–Crippen LogP) is 2.50. The smallest absolute Gasteiger partial charge is 0.223 e. The lowest BCUT2D eigenvalue weighted by Crippen LogP contribution is -2.36. The quantitative estimate of drug-likeness (QED) is 0.738. The Bertz CT molecular complexity index is 487. The number of hydrogen-bond acceptors (Lipinski definition) is 4. The highest BCUT2D eigenvalue weighted by molar-refractivity contribution is 5.76.